The second-order valence-corrected chi connectivity index (χ2v) is 5.43. The van der Waals surface area contributed by atoms with Gasteiger partial charge in [0.2, 0.25) is 0 Å². The minimum Gasteiger partial charge on any atom is -0.467 e. The number of ether oxygens (including phenoxy) is 1. The molecule has 25 heavy (non-hydrogen) atoms. The smallest absolute Gasteiger partial charge is 0.333 e. The van der Waals surface area contributed by atoms with Crippen LogP contribution in [0.3, 0.4) is 0 Å². The molecular formula is C19H16N2O4. The van der Waals surface area contributed by atoms with E-state index in [0.29, 0.717) is 16.5 Å². The fourth-order valence-corrected chi connectivity index (χ4v) is 2.57. The molecule has 0 spiro atoms. The lowest BCUT2D eigenvalue weighted by Gasteiger charge is -2.17. The van der Waals surface area contributed by atoms with Gasteiger partial charge in [0.05, 0.1) is 7.11 Å². The van der Waals surface area contributed by atoms with Crippen LogP contribution < -0.4 is 10.7 Å². The number of pyridine rings is 1. The molecule has 0 unspecified atom stereocenters. The Labute approximate surface area is 143 Å². The topological polar surface area (TPSA) is 88.3 Å². The van der Waals surface area contributed by atoms with Crippen molar-refractivity contribution in [3.05, 3.63) is 82.1 Å². The maximum Gasteiger partial charge on any atom is 0.333 e. The molecule has 126 valence electrons. The monoisotopic (exact) mass is 336 g/mol. The van der Waals surface area contributed by atoms with Crippen molar-refractivity contribution < 1.29 is 14.3 Å². The van der Waals surface area contributed by atoms with E-state index in [2.05, 4.69) is 10.3 Å². The number of amides is 1. The molecule has 0 radical (unpaired) electrons. The molecule has 1 atom stereocenters. The number of aromatic amines is 1. The fourth-order valence-electron chi connectivity index (χ4n) is 2.57. The second-order valence-electron chi connectivity index (χ2n) is 5.43. The fraction of sp³-hybridized carbons (Fsp3) is 0.105. The van der Waals surface area contributed by atoms with E-state index in [1.807, 2.05) is 0 Å². The number of benzene rings is 2. The van der Waals surface area contributed by atoms with Crippen LogP contribution in [0.1, 0.15) is 22.1 Å². The summed E-state index contributed by atoms with van der Waals surface area (Å²) in [4.78, 5) is 39.7. The Bertz CT molecular complexity index is 979. The summed E-state index contributed by atoms with van der Waals surface area (Å²) in [7, 11) is 1.25. The van der Waals surface area contributed by atoms with Crippen LogP contribution in [0.15, 0.2) is 65.5 Å². The van der Waals surface area contributed by atoms with Gasteiger partial charge >= 0.3 is 5.97 Å². The lowest BCUT2D eigenvalue weighted by atomic mass is 10.1. The zero-order valence-corrected chi connectivity index (χ0v) is 13.5. The highest BCUT2D eigenvalue weighted by Crippen LogP contribution is 2.15. The van der Waals surface area contributed by atoms with Gasteiger partial charge in [-0.1, -0.05) is 42.5 Å². The van der Waals surface area contributed by atoms with E-state index in [4.69, 9.17) is 4.74 Å². The second kappa shape index (κ2) is 7.00. The van der Waals surface area contributed by atoms with Crippen molar-refractivity contribution in [3.63, 3.8) is 0 Å². The van der Waals surface area contributed by atoms with Crippen LogP contribution in [0.5, 0.6) is 0 Å². The predicted octanol–water partition coefficient (Wildman–Crippen LogP) is 2.17. The lowest BCUT2D eigenvalue weighted by molar-refractivity contribution is -0.143. The molecule has 0 fully saturated rings. The van der Waals surface area contributed by atoms with Crippen LogP contribution in [0.25, 0.3) is 10.9 Å². The van der Waals surface area contributed by atoms with Crippen LogP contribution in [0.2, 0.25) is 0 Å². The number of hydrogen-bond acceptors (Lipinski definition) is 4. The highest BCUT2D eigenvalue weighted by atomic mass is 16.5. The zero-order valence-electron chi connectivity index (χ0n) is 13.5. The molecule has 0 saturated heterocycles. The highest BCUT2D eigenvalue weighted by Gasteiger charge is 2.24. The molecule has 6 heteroatoms. The van der Waals surface area contributed by atoms with E-state index in [0.717, 1.165) is 0 Å². The summed E-state index contributed by atoms with van der Waals surface area (Å²) in [5, 5.41) is 3.10. The number of nitrogens with one attached hydrogen (secondary N) is 2. The van der Waals surface area contributed by atoms with Crippen LogP contribution in [-0.2, 0) is 9.53 Å². The normalized spacial score (nSPS) is 11.7. The Kier molecular flexibility index (Phi) is 4.61. The van der Waals surface area contributed by atoms with E-state index in [1.165, 1.54) is 13.2 Å². The first-order valence-electron chi connectivity index (χ1n) is 7.66. The number of carbonyl (C=O) groups excluding carboxylic acids is 2. The molecule has 3 aromatic rings. The van der Waals surface area contributed by atoms with Gasteiger partial charge in [0.25, 0.3) is 5.91 Å². The third-order valence-electron chi connectivity index (χ3n) is 3.83. The maximum atomic E-state index is 12.6. The molecule has 2 N–H and O–H groups in total. The molecule has 1 heterocycles. The van der Waals surface area contributed by atoms with Crippen molar-refractivity contribution in [2.24, 2.45) is 0 Å². The molecule has 3 rings (SSSR count). The van der Waals surface area contributed by atoms with Gasteiger partial charge in [-0.05, 0) is 17.7 Å². The molecule has 1 amide bonds. The van der Waals surface area contributed by atoms with E-state index in [1.54, 1.807) is 54.6 Å². The molecule has 6 nitrogen and oxygen atoms in total. The maximum absolute atomic E-state index is 12.6. The Morgan fingerprint density at radius 2 is 1.72 bits per heavy atom. The van der Waals surface area contributed by atoms with Crippen LogP contribution in [0.4, 0.5) is 0 Å². The van der Waals surface area contributed by atoms with E-state index in [9.17, 15) is 14.4 Å². The highest BCUT2D eigenvalue weighted by molar-refractivity contribution is 5.97. The first kappa shape index (κ1) is 16.4. The number of para-hydroxylation sites is 1. The molecule has 0 aliphatic rings. The number of esters is 1. The number of rotatable bonds is 4. The number of methoxy groups -OCH3 is 1. The Balaban J connectivity index is 1.94. The van der Waals surface area contributed by atoms with Gasteiger partial charge in [-0.3, -0.25) is 9.59 Å². The average Bonchev–Trinajstić information content (AvgIpc) is 2.66. The summed E-state index contributed by atoms with van der Waals surface area (Å²) in [5.74, 6) is -1.16. The Morgan fingerprint density at radius 3 is 2.44 bits per heavy atom. The Morgan fingerprint density at radius 1 is 1.04 bits per heavy atom. The molecule has 0 bridgehead atoms. The number of hydrogen-bond donors (Lipinski definition) is 2. The molecular weight excluding hydrogens is 320 g/mol. The van der Waals surface area contributed by atoms with E-state index in [-0.39, 0.29) is 11.1 Å². The van der Waals surface area contributed by atoms with Gasteiger partial charge in [-0.15, -0.1) is 0 Å². The van der Waals surface area contributed by atoms with Gasteiger partial charge in [-0.2, -0.15) is 0 Å². The minimum absolute atomic E-state index is 0.0773. The third kappa shape index (κ3) is 3.42. The van der Waals surface area contributed by atoms with Crippen LogP contribution >= 0.6 is 0 Å². The number of carbonyl (C=O) groups is 2. The first-order valence-corrected chi connectivity index (χ1v) is 7.66. The summed E-state index contributed by atoms with van der Waals surface area (Å²) in [5.41, 5.74) is 0.947. The van der Waals surface area contributed by atoms with Crippen molar-refractivity contribution >= 4 is 22.8 Å². The third-order valence-corrected chi connectivity index (χ3v) is 3.83. The summed E-state index contributed by atoms with van der Waals surface area (Å²) in [6.07, 6.45) is 0. The zero-order chi connectivity index (χ0) is 17.8. The van der Waals surface area contributed by atoms with Crippen LogP contribution in [-0.4, -0.2) is 24.0 Å². The Hall–Kier alpha value is -3.41. The number of aromatic nitrogens is 1. The van der Waals surface area contributed by atoms with Crippen molar-refractivity contribution in [1.82, 2.24) is 10.3 Å². The number of H-pyrrole nitrogens is 1. The van der Waals surface area contributed by atoms with Crippen LogP contribution in [0, 0.1) is 0 Å². The summed E-state index contributed by atoms with van der Waals surface area (Å²) in [6, 6.07) is 15.9. The summed E-state index contributed by atoms with van der Waals surface area (Å²) < 4.78 is 4.77. The van der Waals surface area contributed by atoms with Crippen molar-refractivity contribution in [3.8, 4) is 0 Å². The van der Waals surface area contributed by atoms with Gasteiger partial charge in [0.1, 0.15) is 5.69 Å². The predicted molar refractivity (Wildman–Crippen MR) is 93.2 cm³/mol. The average molecular weight is 336 g/mol. The largest absolute Gasteiger partial charge is 0.467 e. The van der Waals surface area contributed by atoms with E-state index < -0.39 is 17.9 Å². The number of fused-ring (bicyclic) bond motifs is 1. The molecule has 1 aromatic heterocycles. The SMILES string of the molecule is COC(=O)[C@H](NC(=O)c1cc(=O)c2ccccc2[nH]1)c1ccccc1. The van der Waals surface area contributed by atoms with Gasteiger partial charge in [0.15, 0.2) is 11.5 Å². The molecule has 2 aromatic carbocycles. The molecule has 0 saturated carbocycles. The molecule has 0 aliphatic carbocycles. The standard InChI is InChI=1S/C19H16N2O4/c1-25-19(24)17(12-7-3-2-4-8-12)21-18(23)15-11-16(22)13-9-5-6-10-14(13)20-15/h2-11,17H,1H3,(H,20,22)(H,21,23)/t17-/m1/s1. The lowest BCUT2D eigenvalue weighted by Crippen LogP contribution is -2.35. The van der Waals surface area contributed by atoms with Gasteiger partial charge in [0, 0.05) is 17.0 Å². The van der Waals surface area contributed by atoms with Gasteiger partial charge in [-0.25, -0.2) is 4.79 Å². The summed E-state index contributed by atoms with van der Waals surface area (Å²) >= 11 is 0. The quantitative estimate of drug-likeness (QED) is 0.715. The van der Waals surface area contributed by atoms with E-state index >= 15 is 0 Å². The minimum atomic E-state index is -0.964. The summed E-state index contributed by atoms with van der Waals surface area (Å²) in [6.45, 7) is 0. The first-order chi connectivity index (χ1) is 12.1. The molecule has 0 aliphatic heterocycles. The van der Waals surface area contributed by atoms with Crippen molar-refractivity contribution in [2.45, 2.75) is 6.04 Å². The van der Waals surface area contributed by atoms with Crippen molar-refractivity contribution in [2.75, 3.05) is 7.11 Å². The van der Waals surface area contributed by atoms with Crippen molar-refractivity contribution in [1.29, 1.82) is 0 Å². The van der Waals surface area contributed by atoms with Gasteiger partial charge < -0.3 is 15.0 Å².